The van der Waals surface area contributed by atoms with Crippen molar-refractivity contribution in [1.82, 2.24) is 14.3 Å². The topological polar surface area (TPSA) is 46.8 Å². The Bertz CT molecular complexity index is 925. The number of amides is 1. The lowest BCUT2D eigenvalue weighted by Gasteiger charge is -2.22. The molecule has 0 N–H and O–H groups in total. The van der Waals surface area contributed by atoms with Gasteiger partial charge in [-0.2, -0.15) is 0 Å². The van der Waals surface area contributed by atoms with E-state index >= 15 is 0 Å². The van der Waals surface area contributed by atoms with Crippen LogP contribution in [-0.2, 0) is 11.3 Å². The molecule has 2 atom stereocenters. The van der Waals surface area contributed by atoms with E-state index in [1.165, 1.54) is 0 Å². The molecule has 1 aliphatic heterocycles. The van der Waals surface area contributed by atoms with Crippen LogP contribution in [-0.4, -0.2) is 26.9 Å². The highest BCUT2D eigenvalue weighted by atomic mass is 79.9. The summed E-state index contributed by atoms with van der Waals surface area (Å²) in [5.74, 6) is 0.417. The van der Waals surface area contributed by atoms with Gasteiger partial charge in [0.25, 0.3) is 0 Å². The molecule has 1 aliphatic rings. The molecule has 0 spiro atoms. The fourth-order valence-electron chi connectivity index (χ4n) is 3.48. The van der Waals surface area contributed by atoms with Gasteiger partial charge in [0.05, 0.1) is 11.7 Å². The number of likely N-dealkylation sites (tertiary alicyclic amines) is 1. The van der Waals surface area contributed by atoms with Crippen LogP contribution in [0.1, 0.15) is 30.6 Å². The van der Waals surface area contributed by atoms with E-state index in [-0.39, 0.29) is 18.7 Å². The molecular formula is C20H20BrN3O2. The molecular weight excluding hydrogens is 394 g/mol. The van der Waals surface area contributed by atoms with Crippen molar-refractivity contribution in [2.75, 3.05) is 6.54 Å². The number of rotatable bonds is 3. The highest BCUT2D eigenvalue weighted by Crippen LogP contribution is 2.35. The molecule has 2 aromatic heterocycles. The summed E-state index contributed by atoms with van der Waals surface area (Å²) in [5, 5.41) is 0. The van der Waals surface area contributed by atoms with Gasteiger partial charge >= 0.3 is 6.09 Å². The van der Waals surface area contributed by atoms with Crippen LogP contribution in [0, 0.1) is 5.92 Å². The van der Waals surface area contributed by atoms with Crippen molar-refractivity contribution in [1.29, 1.82) is 0 Å². The lowest BCUT2D eigenvalue weighted by molar-refractivity contribution is 0.0909. The highest BCUT2D eigenvalue weighted by Gasteiger charge is 2.36. The van der Waals surface area contributed by atoms with E-state index < -0.39 is 0 Å². The standard InChI is InChI=1S/C20H20BrN3O2/c1-14-9-18(17-12-23-11-16(21)7-8-19(23)22-17)24(10-14)20(25)26-13-15-5-3-2-4-6-15/h2-8,11-12,14,18H,9-10,13H2,1H3/t14-,18+/m0/s1. The summed E-state index contributed by atoms with van der Waals surface area (Å²) >= 11 is 3.48. The first-order valence-electron chi connectivity index (χ1n) is 8.71. The Labute approximate surface area is 160 Å². The number of aromatic nitrogens is 2. The molecule has 0 unspecified atom stereocenters. The smallest absolute Gasteiger partial charge is 0.410 e. The van der Waals surface area contributed by atoms with E-state index in [9.17, 15) is 4.79 Å². The maximum absolute atomic E-state index is 12.7. The summed E-state index contributed by atoms with van der Waals surface area (Å²) in [5.41, 5.74) is 2.77. The Morgan fingerprint density at radius 2 is 2.04 bits per heavy atom. The molecule has 1 aromatic carbocycles. The van der Waals surface area contributed by atoms with E-state index in [1.807, 2.05) is 64.2 Å². The zero-order chi connectivity index (χ0) is 18.1. The first-order chi connectivity index (χ1) is 12.6. The van der Waals surface area contributed by atoms with Gasteiger partial charge in [0.1, 0.15) is 12.3 Å². The quantitative estimate of drug-likeness (QED) is 0.618. The summed E-state index contributed by atoms with van der Waals surface area (Å²) in [6, 6.07) is 13.6. The van der Waals surface area contributed by atoms with Crippen molar-refractivity contribution in [3.05, 3.63) is 70.6 Å². The first-order valence-corrected chi connectivity index (χ1v) is 9.51. The van der Waals surface area contributed by atoms with Crippen molar-refractivity contribution in [2.24, 2.45) is 5.92 Å². The minimum absolute atomic E-state index is 0.0491. The largest absolute Gasteiger partial charge is 0.445 e. The SMILES string of the molecule is C[C@H]1C[C@H](c2cn3cc(Br)ccc3n2)N(C(=O)OCc2ccccc2)C1. The van der Waals surface area contributed by atoms with Gasteiger partial charge in [-0.05, 0) is 46.0 Å². The molecule has 0 saturated carbocycles. The van der Waals surface area contributed by atoms with Crippen LogP contribution in [0.25, 0.3) is 5.65 Å². The summed E-state index contributed by atoms with van der Waals surface area (Å²) in [7, 11) is 0. The van der Waals surface area contributed by atoms with Crippen molar-refractivity contribution >= 4 is 27.7 Å². The Balaban J connectivity index is 1.53. The van der Waals surface area contributed by atoms with Gasteiger partial charge in [0.2, 0.25) is 0 Å². The number of hydrogen-bond acceptors (Lipinski definition) is 3. The van der Waals surface area contributed by atoms with Gasteiger partial charge in [-0.15, -0.1) is 0 Å². The number of carbonyl (C=O) groups excluding carboxylic acids is 1. The third-order valence-electron chi connectivity index (χ3n) is 4.72. The molecule has 1 amide bonds. The van der Waals surface area contributed by atoms with Crippen LogP contribution >= 0.6 is 15.9 Å². The van der Waals surface area contributed by atoms with Crippen molar-refractivity contribution in [3.8, 4) is 0 Å². The van der Waals surface area contributed by atoms with E-state index in [0.29, 0.717) is 12.5 Å². The van der Waals surface area contributed by atoms with E-state index in [1.54, 1.807) is 0 Å². The number of nitrogens with zero attached hydrogens (tertiary/aromatic N) is 3. The number of ether oxygens (including phenoxy) is 1. The third kappa shape index (κ3) is 3.46. The minimum Gasteiger partial charge on any atom is -0.445 e. The fourth-order valence-corrected chi connectivity index (χ4v) is 3.83. The zero-order valence-corrected chi connectivity index (χ0v) is 16.1. The van der Waals surface area contributed by atoms with Crippen LogP contribution in [0.5, 0.6) is 0 Å². The molecule has 3 heterocycles. The van der Waals surface area contributed by atoms with Crippen molar-refractivity contribution in [2.45, 2.75) is 26.0 Å². The van der Waals surface area contributed by atoms with Gasteiger partial charge in [-0.1, -0.05) is 37.3 Å². The maximum atomic E-state index is 12.7. The molecule has 0 bridgehead atoms. The normalized spacial score (nSPS) is 19.8. The van der Waals surface area contributed by atoms with Crippen molar-refractivity contribution < 1.29 is 9.53 Å². The van der Waals surface area contributed by atoms with Gasteiger partial charge in [0.15, 0.2) is 0 Å². The molecule has 1 fully saturated rings. The summed E-state index contributed by atoms with van der Waals surface area (Å²) in [4.78, 5) is 19.2. The summed E-state index contributed by atoms with van der Waals surface area (Å²) < 4.78 is 8.53. The Hall–Kier alpha value is -2.34. The molecule has 0 radical (unpaired) electrons. The first kappa shape index (κ1) is 17.1. The lowest BCUT2D eigenvalue weighted by atomic mass is 10.1. The molecule has 5 nitrogen and oxygen atoms in total. The second-order valence-electron chi connectivity index (χ2n) is 6.83. The second kappa shape index (κ2) is 7.11. The molecule has 26 heavy (non-hydrogen) atoms. The third-order valence-corrected chi connectivity index (χ3v) is 5.19. The number of fused-ring (bicyclic) bond motifs is 1. The number of imidazole rings is 1. The molecule has 4 rings (SSSR count). The van der Waals surface area contributed by atoms with E-state index in [0.717, 1.165) is 27.8 Å². The Kier molecular flexibility index (Phi) is 4.68. The lowest BCUT2D eigenvalue weighted by Crippen LogP contribution is -2.31. The molecule has 0 aliphatic carbocycles. The molecule has 3 aromatic rings. The Morgan fingerprint density at radius 3 is 2.85 bits per heavy atom. The second-order valence-corrected chi connectivity index (χ2v) is 7.74. The molecule has 6 heteroatoms. The maximum Gasteiger partial charge on any atom is 0.410 e. The zero-order valence-electron chi connectivity index (χ0n) is 14.5. The van der Waals surface area contributed by atoms with E-state index in [4.69, 9.17) is 9.72 Å². The number of carbonyl (C=O) groups is 1. The number of halogens is 1. The predicted molar refractivity (Wildman–Crippen MR) is 103 cm³/mol. The summed E-state index contributed by atoms with van der Waals surface area (Å²) in [6.45, 7) is 3.13. The van der Waals surface area contributed by atoms with Crippen molar-refractivity contribution in [3.63, 3.8) is 0 Å². The highest BCUT2D eigenvalue weighted by molar-refractivity contribution is 9.10. The van der Waals surface area contributed by atoms with Crippen LogP contribution in [0.2, 0.25) is 0 Å². The minimum atomic E-state index is -0.276. The van der Waals surface area contributed by atoms with Gasteiger partial charge < -0.3 is 9.14 Å². The predicted octanol–water partition coefficient (Wildman–Crippen LogP) is 4.82. The van der Waals surface area contributed by atoms with Crippen LogP contribution in [0.3, 0.4) is 0 Å². The average molecular weight is 414 g/mol. The number of hydrogen-bond donors (Lipinski definition) is 0. The van der Waals surface area contributed by atoms with Gasteiger partial charge in [-0.3, -0.25) is 4.90 Å². The Morgan fingerprint density at radius 1 is 1.23 bits per heavy atom. The van der Waals surface area contributed by atoms with E-state index in [2.05, 4.69) is 22.9 Å². The summed E-state index contributed by atoms with van der Waals surface area (Å²) in [6.07, 6.45) is 4.59. The number of pyridine rings is 1. The van der Waals surface area contributed by atoms with Gasteiger partial charge in [0, 0.05) is 23.4 Å². The average Bonchev–Trinajstić information content (AvgIpc) is 3.23. The number of benzene rings is 1. The van der Waals surface area contributed by atoms with Gasteiger partial charge in [-0.25, -0.2) is 9.78 Å². The molecule has 1 saturated heterocycles. The van der Waals surface area contributed by atoms with Crippen LogP contribution < -0.4 is 0 Å². The van der Waals surface area contributed by atoms with Crippen LogP contribution in [0.4, 0.5) is 4.79 Å². The van der Waals surface area contributed by atoms with Crippen LogP contribution in [0.15, 0.2) is 59.3 Å². The molecule has 134 valence electrons. The fraction of sp³-hybridized carbons (Fsp3) is 0.300. The monoisotopic (exact) mass is 413 g/mol.